The Hall–Kier alpha value is -2.39. The number of aromatic amines is 1. The summed E-state index contributed by atoms with van der Waals surface area (Å²) in [4.78, 5) is 17.9. The summed E-state index contributed by atoms with van der Waals surface area (Å²) in [5, 5.41) is 6.66. The molecule has 0 fully saturated rings. The van der Waals surface area contributed by atoms with Gasteiger partial charge in [0.15, 0.2) is 0 Å². The van der Waals surface area contributed by atoms with Gasteiger partial charge in [0, 0.05) is 29.0 Å². The van der Waals surface area contributed by atoms with Crippen molar-refractivity contribution in [1.82, 2.24) is 15.2 Å². The molecular weight excluding hydrogens is 436 g/mol. The molecule has 0 aliphatic heterocycles. The molecule has 0 saturated heterocycles. The standard InChI is InChI=1S/C22H27ClN4O3S/c1-3-27(4-2)13-12-24-15-20(28)26-22-21(18-14-16(23)10-11-19(18)25-22)31(29,30)17-8-6-5-7-9-17/h5-11,14,24-25H,3-4,12-13,15H2,1-2H3,(H,26,28). The number of halogens is 1. The van der Waals surface area contributed by atoms with Crippen LogP contribution in [0.2, 0.25) is 5.02 Å². The van der Waals surface area contributed by atoms with E-state index in [-0.39, 0.29) is 28.1 Å². The Bertz CT molecular complexity index is 1140. The molecular formula is C22H27ClN4O3S. The number of amides is 1. The molecule has 3 N–H and O–H groups in total. The molecule has 1 heterocycles. The summed E-state index contributed by atoms with van der Waals surface area (Å²) >= 11 is 6.13. The first kappa shape index (κ1) is 23.3. The van der Waals surface area contributed by atoms with Crippen molar-refractivity contribution in [3.63, 3.8) is 0 Å². The lowest BCUT2D eigenvalue weighted by Crippen LogP contribution is -2.35. The van der Waals surface area contributed by atoms with Crippen molar-refractivity contribution < 1.29 is 13.2 Å². The zero-order chi connectivity index (χ0) is 22.4. The van der Waals surface area contributed by atoms with Crippen LogP contribution in [-0.2, 0) is 14.6 Å². The van der Waals surface area contributed by atoms with E-state index in [0.29, 0.717) is 22.5 Å². The highest BCUT2D eigenvalue weighted by molar-refractivity contribution is 7.92. The number of rotatable bonds is 10. The molecule has 0 aliphatic rings. The Morgan fingerprint density at radius 3 is 2.48 bits per heavy atom. The number of sulfone groups is 1. The van der Waals surface area contributed by atoms with Gasteiger partial charge < -0.3 is 20.5 Å². The van der Waals surface area contributed by atoms with Crippen LogP contribution in [0, 0.1) is 0 Å². The predicted molar refractivity (Wildman–Crippen MR) is 124 cm³/mol. The van der Waals surface area contributed by atoms with E-state index in [1.54, 1.807) is 36.4 Å². The first-order valence-corrected chi connectivity index (χ1v) is 12.1. The minimum absolute atomic E-state index is 0.00712. The van der Waals surface area contributed by atoms with Gasteiger partial charge in [-0.05, 0) is 43.4 Å². The molecule has 7 nitrogen and oxygen atoms in total. The minimum atomic E-state index is -3.89. The fourth-order valence-corrected chi connectivity index (χ4v) is 5.14. The molecule has 0 unspecified atom stereocenters. The van der Waals surface area contributed by atoms with Crippen LogP contribution in [0.4, 0.5) is 5.82 Å². The lowest BCUT2D eigenvalue weighted by atomic mass is 10.2. The molecule has 9 heteroatoms. The SMILES string of the molecule is CCN(CC)CCNCC(=O)Nc1[nH]c2ccc(Cl)cc2c1S(=O)(=O)c1ccccc1. The van der Waals surface area contributed by atoms with E-state index < -0.39 is 9.84 Å². The number of benzene rings is 2. The van der Waals surface area contributed by atoms with Crippen molar-refractivity contribution in [1.29, 1.82) is 0 Å². The van der Waals surface area contributed by atoms with Crippen LogP contribution in [0.5, 0.6) is 0 Å². The summed E-state index contributed by atoms with van der Waals surface area (Å²) in [6.45, 7) is 7.64. The summed E-state index contributed by atoms with van der Waals surface area (Å²) in [6.07, 6.45) is 0. The maximum absolute atomic E-state index is 13.4. The van der Waals surface area contributed by atoms with Crippen LogP contribution in [0.25, 0.3) is 10.9 Å². The smallest absolute Gasteiger partial charge is 0.239 e. The Morgan fingerprint density at radius 1 is 1.10 bits per heavy atom. The van der Waals surface area contributed by atoms with E-state index in [4.69, 9.17) is 11.6 Å². The van der Waals surface area contributed by atoms with Gasteiger partial charge in [-0.3, -0.25) is 4.79 Å². The van der Waals surface area contributed by atoms with Crippen molar-refractivity contribution in [2.24, 2.45) is 0 Å². The Balaban J connectivity index is 1.86. The fraction of sp³-hybridized carbons (Fsp3) is 0.318. The van der Waals surface area contributed by atoms with Crippen LogP contribution < -0.4 is 10.6 Å². The predicted octanol–water partition coefficient (Wildman–Crippen LogP) is 3.52. The van der Waals surface area contributed by atoms with Gasteiger partial charge in [0.2, 0.25) is 15.7 Å². The van der Waals surface area contributed by atoms with Crippen molar-refractivity contribution in [3.8, 4) is 0 Å². The van der Waals surface area contributed by atoms with E-state index >= 15 is 0 Å². The third-order valence-corrected chi connectivity index (χ3v) is 7.17. The topological polar surface area (TPSA) is 94.3 Å². The maximum atomic E-state index is 13.4. The zero-order valence-electron chi connectivity index (χ0n) is 17.6. The van der Waals surface area contributed by atoms with Gasteiger partial charge in [0.1, 0.15) is 10.7 Å². The van der Waals surface area contributed by atoms with Gasteiger partial charge in [-0.15, -0.1) is 0 Å². The molecule has 166 valence electrons. The molecule has 0 bridgehead atoms. The molecule has 0 spiro atoms. The number of anilines is 1. The van der Waals surface area contributed by atoms with Gasteiger partial charge in [0.25, 0.3) is 0 Å². The molecule has 2 aromatic carbocycles. The number of hydrogen-bond acceptors (Lipinski definition) is 5. The highest BCUT2D eigenvalue weighted by Gasteiger charge is 2.27. The number of H-pyrrole nitrogens is 1. The Morgan fingerprint density at radius 2 is 1.81 bits per heavy atom. The number of aromatic nitrogens is 1. The monoisotopic (exact) mass is 462 g/mol. The second-order valence-corrected chi connectivity index (χ2v) is 9.41. The van der Waals surface area contributed by atoms with E-state index in [0.717, 1.165) is 19.6 Å². The van der Waals surface area contributed by atoms with Gasteiger partial charge in [-0.2, -0.15) is 0 Å². The van der Waals surface area contributed by atoms with Crippen LogP contribution in [0.15, 0.2) is 58.3 Å². The van der Waals surface area contributed by atoms with Crippen molar-refractivity contribution in [3.05, 3.63) is 53.6 Å². The van der Waals surface area contributed by atoms with E-state index in [1.165, 1.54) is 12.1 Å². The third-order valence-electron chi connectivity index (χ3n) is 5.08. The molecule has 3 aromatic rings. The number of nitrogens with one attached hydrogen (secondary N) is 3. The van der Waals surface area contributed by atoms with Crippen LogP contribution >= 0.6 is 11.6 Å². The third kappa shape index (κ3) is 5.46. The normalized spacial score (nSPS) is 11.9. The maximum Gasteiger partial charge on any atom is 0.239 e. The van der Waals surface area contributed by atoms with Gasteiger partial charge >= 0.3 is 0 Å². The molecule has 31 heavy (non-hydrogen) atoms. The summed E-state index contributed by atoms with van der Waals surface area (Å²) < 4.78 is 26.8. The summed E-state index contributed by atoms with van der Waals surface area (Å²) in [6, 6.07) is 13.1. The zero-order valence-corrected chi connectivity index (χ0v) is 19.2. The molecule has 1 amide bonds. The molecule has 0 atom stereocenters. The van der Waals surface area contributed by atoms with Gasteiger partial charge in [-0.1, -0.05) is 43.6 Å². The lowest BCUT2D eigenvalue weighted by Gasteiger charge is -2.17. The number of likely N-dealkylation sites (N-methyl/N-ethyl adjacent to an activating group) is 1. The largest absolute Gasteiger partial charge is 0.340 e. The molecule has 0 saturated carbocycles. The number of carbonyl (C=O) groups is 1. The molecule has 3 rings (SSSR count). The van der Waals surface area contributed by atoms with E-state index in [1.807, 2.05) is 0 Å². The van der Waals surface area contributed by atoms with E-state index in [2.05, 4.69) is 34.4 Å². The average molecular weight is 463 g/mol. The molecule has 0 radical (unpaired) electrons. The second kappa shape index (κ2) is 10.3. The van der Waals surface area contributed by atoms with Crippen molar-refractivity contribution >= 4 is 44.1 Å². The van der Waals surface area contributed by atoms with Crippen LogP contribution in [0.1, 0.15) is 13.8 Å². The highest BCUT2D eigenvalue weighted by Crippen LogP contribution is 2.36. The van der Waals surface area contributed by atoms with Crippen molar-refractivity contribution in [2.75, 3.05) is 38.0 Å². The fourth-order valence-electron chi connectivity index (χ4n) is 3.39. The Kier molecular flexibility index (Phi) is 7.72. The molecule has 1 aromatic heterocycles. The lowest BCUT2D eigenvalue weighted by molar-refractivity contribution is -0.115. The minimum Gasteiger partial charge on any atom is -0.340 e. The number of hydrogen-bond donors (Lipinski definition) is 3. The summed E-state index contributed by atoms with van der Waals surface area (Å²) in [5.41, 5.74) is 0.573. The number of nitrogens with zero attached hydrogens (tertiary/aromatic N) is 1. The quantitative estimate of drug-likeness (QED) is 0.401. The van der Waals surface area contributed by atoms with Crippen LogP contribution in [-0.4, -0.2) is 56.9 Å². The number of carbonyl (C=O) groups excluding carboxylic acids is 1. The number of fused-ring (bicyclic) bond motifs is 1. The Labute approximate surface area is 187 Å². The van der Waals surface area contributed by atoms with Gasteiger partial charge in [0.05, 0.1) is 11.4 Å². The first-order chi connectivity index (χ1) is 14.9. The van der Waals surface area contributed by atoms with Gasteiger partial charge in [-0.25, -0.2) is 8.42 Å². The highest BCUT2D eigenvalue weighted by atomic mass is 35.5. The second-order valence-electron chi connectivity index (χ2n) is 7.09. The van der Waals surface area contributed by atoms with E-state index in [9.17, 15) is 13.2 Å². The average Bonchev–Trinajstić information content (AvgIpc) is 3.12. The van der Waals surface area contributed by atoms with Crippen molar-refractivity contribution in [2.45, 2.75) is 23.6 Å². The van der Waals surface area contributed by atoms with Crippen LogP contribution in [0.3, 0.4) is 0 Å². The summed E-state index contributed by atoms with van der Waals surface area (Å²) in [5.74, 6) is -0.196. The summed E-state index contributed by atoms with van der Waals surface area (Å²) in [7, 11) is -3.89. The molecule has 0 aliphatic carbocycles. The first-order valence-electron chi connectivity index (χ1n) is 10.2.